The molecule has 0 saturated heterocycles. The first-order valence-corrected chi connectivity index (χ1v) is 9.37. The van der Waals surface area contributed by atoms with Crippen LogP contribution in [-0.2, 0) is 34.2 Å². The van der Waals surface area contributed by atoms with Crippen molar-refractivity contribution in [1.82, 2.24) is 14.5 Å². The van der Waals surface area contributed by atoms with E-state index in [1.807, 2.05) is 6.07 Å². The van der Waals surface area contributed by atoms with Crippen LogP contribution in [0.1, 0.15) is 41.3 Å². The molecule has 0 spiro atoms. The van der Waals surface area contributed by atoms with Crippen molar-refractivity contribution < 1.29 is 13.2 Å². The van der Waals surface area contributed by atoms with Crippen LogP contribution in [0.15, 0.2) is 29.3 Å². The number of aromatic amines is 1. The average molecular weight is 346 g/mol. The second-order valence-corrected chi connectivity index (χ2v) is 8.19. The fourth-order valence-corrected chi connectivity index (χ4v) is 5.21. The topological polar surface area (TPSA) is 109 Å². The molecule has 0 radical (unpaired) electrons. The lowest BCUT2D eigenvalue weighted by Crippen LogP contribution is -2.37. The van der Waals surface area contributed by atoms with Gasteiger partial charge >= 0.3 is 0 Å². The molecule has 1 unspecified atom stereocenters. The van der Waals surface area contributed by atoms with Gasteiger partial charge in [-0.15, -0.1) is 0 Å². The van der Waals surface area contributed by atoms with Crippen LogP contribution in [0.25, 0.3) is 0 Å². The number of aromatic nitrogens is 2. The summed E-state index contributed by atoms with van der Waals surface area (Å²) in [6.45, 7) is 0.0718. The van der Waals surface area contributed by atoms with E-state index in [9.17, 15) is 13.2 Å². The predicted octanol–water partition coefficient (Wildman–Crippen LogP) is 1.02. The molecule has 126 valence electrons. The standard InChI is InChI=1S/C16H18N4O3S/c17-16(21)15-13-8-18-19-14(13)9-20(15)24(22,23)12-6-5-10-3-1-2-4-11(10)7-12/h5-8,15H,1-4,9H2,(H2,17,21)(H,18,19). The molecule has 2 heterocycles. The maximum atomic E-state index is 13.1. The summed E-state index contributed by atoms with van der Waals surface area (Å²) in [7, 11) is -3.82. The van der Waals surface area contributed by atoms with Gasteiger partial charge in [-0.25, -0.2) is 8.42 Å². The van der Waals surface area contributed by atoms with E-state index < -0.39 is 22.0 Å². The molecule has 0 saturated carbocycles. The van der Waals surface area contributed by atoms with Gasteiger partial charge in [-0.05, 0) is 48.9 Å². The Hall–Kier alpha value is -2.19. The number of aryl methyl sites for hydroxylation is 2. The van der Waals surface area contributed by atoms with E-state index >= 15 is 0 Å². The molecule has 1 aromatic carbocycles. The number of amides is 1. The smallest absolute Gasteiger partial charge is 0.244 e. The van der Waals surface area contributed by atoms with Crippen LogP contribution in [0.4, 0.5) is 0 Å². The molecule has 1 amide bonds. The van der Waals surface area contributed by atoms with E-state index in [1.54, 1.807) is 12.1 Å². The van der Waals surface area contributed by atoms with E-state index in [-0.39, 0.29) is 11.4 Å². The third-order valence-electron chi connectivity index (χ3n) is 4.84. The highest BCUT2D eigenvalue weighted by Gasteiger charge is 2.43. The van der Waals surface area contributed by atoms with Crippen LogP contribution in [-0.4, -0.2) is 28.8 Å². The Morgan fingerprint density at radius 2 is 2.00 bits per heavy atom. The van der Waals surface area contributed by atoms with E-state index in [0.29, 0.717) is 11.3 Å². The summed E-state index contributed by atoms with van der Waals surface area (Å²) in [4.78, 5) is 12.1. The third kappa shape index (κ3) is 2.25. The van der Waals surface area contributed by atoms with Crippen molar-refractivity contribution in [1.29, 1.82) is 0 Å². The summed E-state index contributed by atoms with van der Waals surface area (Å²) in [5.74, 6) is -0.698. The van der Waals surface area contributed by atoms with Gasteiger partial charge in [0, 0.05) is 5.56 Å². The molecule has 7 nitrogen and oxygen atoms in total. The number of nitrogens with two attached hydrogens (primary N) is 1. The lowest BCUT2D eigenvalue weighted by atomic mass is 9.92. The molecule has 2 aliphatic rings. The predicted molar refractivity (Wildman–Crippen MR) is 86.3 cm³/mol. The van der Waals surface area contributed by atoms with Crippen LogP contribution >= 0.6 is 0 Å². The van der Waals surface area contributed by atoms with Crippen molar-refractivity contribution in [2.75, 3.05) is 0 Å². The number of hydrogen-bond donors (Lipinski definition) is 2. The maximum Gasteiger partial charge on any atom is 0.244 e. The Bertz CT molecular complexity index is 919. The Morgan fingerprint density at radius 1 is 1.25 bits per heavy atom. The number of carbonyl (C=O) groups is 1. The minimum Gasteiger partial charge on any atom is -0.368 e. The minimum atomic E-state index is -3.82. The number of primary amides is 1. The van der Waals surface area contributed by atoms with Gasteiger partial charge in [0.15, 0.2) is 0 Å². The summed E-state index contributed by atoms with van der Waals surface area (Å²) in [6, 6.07) is 4.24. The lowest BCUT2D eigenvalue weighted by molar-refractivity contribution is -0.121. The molecule has 1 aliphatic carbocycles. The number of sulfonamides is 1. The van der Waals surface area contributed by atoms with Gasteiger partial charge in [0.1, 0.15) is 6.04 Å². The number of nitrogens with zero attached hydrogens (tertiary/aromatic N) is 2. The van der Waals surface area contributed by atoms with Gasteiger partial charge in [-0.3, -0.25) is 9.89 Å². The molecule has 2 aromatic rings. The van der Waals surface area contributed by atoms with E-state index in [2.05, 4.69) is 10.2 Å². The first-order chi connectivity index (χ1) is 11.5. The second kappa shape index (κ2) is 5.42. The minimum absolute atomic E-state index is 0.0718. The van der Waals surface area contributed by atoms with Gasteiger partial charge in [0.2, 0.25) is 15.9 Å². The number of rotatable bonds is 3. The van der Waals surface area contributed by atoms with E-state index in [0.717, 1.165) is 35.6 Å². The fourth-order valence-electron chi connectivity index (χ4n) is 3.61. The SMILES string of the molecule is NC(=O)C1c2cn[nH]c2CN1S(=O)(=O)c1ccc2c(c1)CCCC2. The molecule has 1 aliphatic heterocycles. The highest BCUT2D eigenvalue weighted by atomic mass is 32.2. The quantitative estimate of drug-likeness (QED) is 0.864. The van der Waals surface area contributed by atoms with Gasteiger partial charge in [-0.2, -0.15) is 9.40 Å². The molecule has 4 rings (SSSR count). The van der Waals surface area contributed by atoms with Gasteiger partial charge in [0.05, 0.1) is 23.3 Å². The van der Waals surface area contributed by atoms with Crippen molar-refractivity contribution >= 4 is 15.9 Å². The van der Waals surface area contributed by atoms with Crippen LogP contribution in [0.2, 0.25) is 0 Å². The summed E-state index contributed by atoms with van der Waals surface area (Å²) in [5, 5.41) is 6.61. The lowest BCUT2D eigenvalue weighted by Gasteiger charge is -2.23. The van der Waals surface area contributed by atoms with Crippen molar-refractivity contribution in [3.63, 3.8) is 0 Å². The third-order valence-corrected chi connectivity index (χ3v) is 6.65. The number of carbonyl (C=O) groups excluding carboxylic acids is 1. The van der Waals surface area contributed by atoms with E-state index in [4.69, 9.17) is 5.73 Å². The fraction of sp³-hybridized carbons (Fsp3) is 0.375. The first kappa shape index (κ1) is 15.3. The number of H-pyrrole nitrogens is 1. The molecule has 0 bridgehead atoms. The van der Waals surface area contributed by atoms with Crippen LogP contribution in [0.3, 0.4) is 0 Å². The monoisotopic (exact) mass is 346 g/mol. The zero-order chi connectivity index (χ0) is 16.9. The molecular weight excluding hydrogens is 328 g/mol. The molecule has 24 heavy (non-hydrogen) atoms. The summed E-state index contributed by atoms with van der Waals surface area (Å²) in [5.41, 5.74) is 8.90. The van der Waals surface area contributed by atoms with Gasteiger partial charge in [-0.1, -0.05) is 6.07 Å². The summed E-state index contributed by atoms with van der Waals surface area (Å²) < 4.78 is 27.3. The van der Waals surface area contributed by atoms with Gasteiger partial charge in [0.25, 0.3) is 0 Å². The van der Waals surface area contributed by atoms with Crippen molar-refractivity contribution in [2.45, 2.75) is 43.2 Å². The zero-order valence-corrected chi connectivity index (χ0v) is 13.8. The molecule has 0 fully saturated rings. The molecule has 8 heteroatoms. The molecule has 1 atom stereocenters. The highest BCUT2D eigenvalue weighted by Crippen LogP contribution is 2.37. The molecular formula is C16H18N4O3S. The normalized spacial score (nSPS) is 20.6. The first-order valence-electron chi connectivity index (χ1n) is 7.93. The largest absolute Gasteiger partial charge is 0.368 e. The van der Waals surface area contributed by atoms with Crippen LogP contribution < -0.4 is 5.73 Å². The second-order valence-electron chi connectivity index (χ2n) is 6.30. The molecule has 3 N–H and O–H groups in total. The average Bonchev–Trinajstić information content (AvgIpc) is 3.14. The van der Waals surface area contributed by atoms with Crippen molar-refractivity contribution in [3.05, 3.63) is 46.8 Å². The Labute approximate surface area is 139 Å². The summed E-state index contributed by atoms with van der Waals surface area (Å²) in [6.07, 6.45) is 5.55. The van der Waals surface area contributed by atoms with Crippen LogP contribution in [0.5, 0.6) is 0 Å². The summed E-state index contributed by atoms with van der Waals surface area (Å²) >= 11 is 0. The maximum absolute atomic E-state index is 13.1. The molecule has 1 aromatic heterocycles. The number of benzene rings is 1. The van der Waals surface area contributed by atoms with Crippen LogP contribution in [0, 0.1) is 0 Å². The zero-order valence-electron chi connectivity index (χ0n) is 13.0. The Kier molecular flexibility index (Phi) is 3.47. The highest BCUT2D eigenvalue weighted by molar-refractivity contribution is 7.89. The number of hydrogen-bond acceptors (Lipinski definition) is 4. The van der Waals surface area contributed by atoms with Crippen molar-refractivity contribution in [3.8, 4) is 0 Å². The Balaban J connectivity index is 1.75. The van der Waals surface area contributed by atoms with Crippen molar-refractivity contribution in [2.24, 2.45) is 5.73 Å². The number of nitrogens with one attached hydrogen (secondary N) is 1. The van der Waals surface area contributed by atoms with Gasteiger partial charge < -0.3 is 5.73 Å². The van der Waals surface area contributed by atoms with E-state index in [1.165, 1.54) is 11.8 Å². The Morgan fingerprint density at radius 3 is 2.75 bits per heavy atom. The number of fused-ring (bicyclic) bond motifs is 2.